The van der Waals surface area contributed by atoms with Crippen LogP contribution in [0.5, 0.6) is 0 Å². The molecule has 1 heterocycles. The zero-order chi connectivity index (χ0) is 15.5. The minimum atomic E-state index is 0.573. The average molecular weight is 294 g/mol. The largest absolute Gasteiger partial charge is 0.330 e. The molecule has 0 aliphatic heterocycles. The number of nitrogens with zero attached hydrogens (tertiary/aromatic N) is 3. The topological polar surface area (TPSA) is 67.6 Å². The van der Waals surface area contributed by atoms with Crippen molar-refractivity contribution in [3.8, 4) is 6.07 Å². The van der Waals surface area contributed by atoms with E-state index in [2.05, 4.69) is 17.7 Å². The van der Waals surface area contributed by atoms with Gasteiger partial charge >= 0.3 is 0 Å². The molecule has 0 saturated heterocycles. The monoisotopic (exact) mass is 294 g/mol. The van der Waals surface area contributed by atoms with Crippen LogP contribution in [0.1, 0.15) is 53.3 Å². The second-order valence-corrected chi connectivity index (χ2v) is 6.08. The van der Waals surface area contributed by atoms with Gasteiger partial charge in [-0.05, 0) is 68.3 Å². The van der Waals surface area contributed by atoms with E-state index in [1.807, 2.05) is 24.3 Å². The van der Waals surface area contributed by atoms with Crippen molar-refractivity contribution >= 4 is 0 Å². The van der Waals surface area contributed by atoms with Gasteiger partial charge in [-0.2, -0.15) is 10.4 Å². The molecule has 0 amide bonds. The van der Waals surface area contributed by atoms with E-state index in [4.69, 9.17) is 16.1 Å². The van der Waals surface area contributed by atoms with Crippen LogP contribution in [0.15, 0.2) is 24.3 Å². The number of aromatic nitrogens is 2. The molecule has 1 atom stereocenters. The lowest BCUT2D eigenvalue weighted by Gasteiger charge is -2.23. The van der Waals surface area contributed by atoms with Gasteiger partial charge in [-0.3, -0.25) is 4.68 Å². The molecule has 4 nitrogen and oxygen atoms in total. The summed E-state index contributed by atoms with van der Waals surface area (Å²) in [6, 6.07) is 9.93. The molecule has 1 aromatic heterocycles. The highest BCUT2D eigenvalue weighted by molar-refractivity contribution is 5.34. The van der Waals surface area contributed by atoms with Crippen molar-refractivity contribution in [2.24, 2.45) is 5.73 Å². The maximum Gasteiger partial charge on any atom is 0.0991 e. The lowest BCUT2D eigenvalue weighted by atomic mass is 9.83. The van der Waals surface area contributed by atoms with E-state index >= 15 is 0 Å². The highest BCUT2D eigenvalue weighted by Crippen LogP contribution is 2.36. The van der Waals surface area contributed by atoms with E-state index in [9.17, 15) is 0 Å². The van der Waals surface area contributed by atoms with Crippen LogP contribution in [0.3, 0.4) is 0 Å². The van der Waals surface area contributed by atoms with Crippen molar-refractivity contribution in [2.75, 3.05) is 6.54 Å². The number of rotatable bonds is 4. The first-order chi connectivity index (χ1) is 10.7. The molecule has 0 radical (unpaired) electrons. The second kappa shape index (κ2) is 6.33. The minimum Gasteiger partial charge on any atom is -0.330 e. The summed E-state index contributed by atoms with van der Waals surface area (Å²) in [4.78, 5) is 0. The van der Waals surface area contributed by atoms with Crippen molar-refractivity contribution in [3.05, 3.63) is 52.3 Å². The van der Waals surface area contributed by atoms with E-state index in [0.717, 1.165) is 31.6 Å². The molecule has 4 heteroatoms. The number of nitriles is 1. The zero-order valence-electron chi connectivity index (χ0n) is 13.0. The van der Waals surface area contributed by atoms with Crippen molar-refractivity contribution in [3.63, 3.8) is 0 Å². The molecule has 22 heavy (non-hydrogen) atoms. The number of hydrogen-bond acceptors (Lipinski definition) is 3. The Balaban J connectivity index is 1.89. The summed E-state index contributed by atoms with van der Waals surface area (Å²) in [5.74, 6) is 0.573. The summed E-state index contributed by atoms with van der Waals surface area (Å²) in [7, 11) is 0. The molecule has 2 aromatic rings. The Labute approximate surface area is 131 Å². The molecule has 114 valence electrons. The fourth-order valence-corrected chi connectivity index (χ4v) is 3.58. The molecule has 1 aliphatic carbocycles. The van der Waals surface area contributed by atoms with Crippen molar-refractivity contribution < 1.29 is 0 Å². The number of fused-ring (bicyclic) bond motifs is 1. The molecular formula is C18H22N4. The Hall–Kier alpha value is -2.12. The highest BCUT2D eigenvalue weighted by Gasteiger charge is 2.26. The highest BCUT2D eigenvalue weighted by atomic mass is 15.3. The Morgan fingerprint density at radius 3 is 2.82 bits per heavy atom. The standard InChI is InChI=1S/C18H22N4/c1-13-18-16(9-10-19)3-2-4-17(18)22(21-13)12-15-7-5-14(11-20)6-8-15/h5-8,16H,2-4,9-10,12,19H2,1H3. The van der Waals surface area contributed by atoms with Gasteiger partial charge in [0.1, 0.15) is 0 Å². The molecular weight excluding hydrogens is 272 g/mol. The number of nitrogens with two attached hydrogens (primary N) is 1. The van der Waals surface area contributed by atoms with Gasteiger partial charge in [0.05, 0.1) is 23.9 Å². The van der Waals surface area contributed by atoms with Gasteiger partial charge in [0.2, 0.25) is 0 Å². The van der Waals surface area contributed by atoms with E-state index in [1.54, 1.807) is 0 Å². The number of hydrogen-bond donors (Lipinski definition) is 1. The first-order valence-electron chi connectivity index (χ1n) is 7.98. The summed E-state index contributed by atoms with van der Waals surface area (Å²) in [6.07, 6.45) is 4.60. The third-order valence-corrected chi connectivity index (χ3v) is 4.59. The van der Waals surface area contributed by atoms with Gasteiger partial charge in [0, 0.05) is 5.69 Å². The van der Waals surface area contributed by atoms with Crippen LogP contribution < -0.4 is 5.73 Å². The predicted octanol–water partition coefficient (Wildman–Crippen LogP) is 2.88. The Bertz CT molecular complexity index is 691. The molecule has 1 unspecified atom stereocenters. The van der Waals surface area contributed by atoms with Gasteiger partial charge < -0.3 is 5.73 Å². The second-order valence-electron chi connectivity index (χ2n) is 6.08. The normalized spacial score (nSPS) is 17.0. The molecule has 0 saturated carbocycles. The Kier molecular flexibility index (Phi) is 4.26. The minimum absolute atomic E-state index is 0.573. The first kappa shape index (κ1) is 14.8. The number of aryl methyl sites for hydroxylation is 1. The fraction of sp³-hybridized carbons (Fsp3) is 0.444. The fourth-order valence-electron chi connectivity index (χ4n) is 3.58. The van der Waals surface area contributed by atoms with E-state index < -0.39 is 0 Å². The number of benzene rings is 1. The van der Waals surface area contributed by atoms with Gasteiger partial charge in [0.25, 0.3) is 0 Å². The summed E-state index contributed by atoms with van der Waals surface area (Å²) in [6.45, 7) is 3.63. The van der Waals surface area contributed by atoms with E-state index in [0.29, 0.717) is 11.5 Å². The SMILES string of the molecule is Cc1nn(Cc2ccc(C#N)cc2)c2c1C(CCN)CCC2. The van der Waals surface area contributed by atoms with Crippen LogP contribution in [0.25, 0.3) is 0 Å². The predicted molar refractivity (Wildman–Crippen MR) is 86.6 cm³/mol. The zero-order valence-corrected chi connectivity index (χ0v) is 13.0. The molecule has 0 spiro atoms. The van der Waals surface area contributed by atoms with Gasteiger partial charge in [-0.1, -0.05) is 12.1 Å². The lowest BCUT2D eigenvalue weighted by molar-refractivity contribution is 0.505. The third-order valence-electron chi connectivity index (χ3n) is 4.59. The van der Waals surface area contributed by atoms with Crippen LogP contribution in [0.2, 0.25) is 0 Å². The molecule has 0 bridgehead atoms. The molecule has 0 fully saturated rings. The quantitative estimate of drug-likeness (QED) is 0.942. The molecule has 1 aromatic carbocycles. The van der Waals surface area contributed by atoms with Crippen LogP contribution in [-0.4, -0.2) is 16.3 Å². The van der Waals surface area contributed by atoms with Crippen LogP contribution in [0, 0.1) is 18.3 Å². The van der Waals surface area contributed by atoms with E-state index in [-0.39, 0.29) is 0 Å². The van der Waals surface area contributed by atoms with Crippen molar-refractivity contribution in [2.45, 2.75) is 45.1 Å². The molecule has 1 aliphatic rings. The molecule has 2 N–H and O–H groups in total. The van der Waals surface area contributed by atoms with Crippen LogP contribution in [-0.2, 0) is 13.0 Å². The lowest BCUT2D eigenvalue weighted by Crippen LogP contribution is -2.16. The summed E-state index contributed by atoms with van der Waals surface area (Å²) >= 11 is 0. The van der Waals surface area contributed by atoms with Gasteiger partial charge in [-0.25, -0.2) is 0 Å². The van der Waals surface area contributed by atoms with Gasteiger partial charge in [0.15, 0.2) is 0 Å². The summed E-state index contributed by atoms with van der Waals surface area (Å²) in [5, 5.41) is 13.7. The Morgan fingerprint density at radius 2 is 2.14 bits per heavy atom. The Morgan fingerprint density at radius 1 is 1.36 bits per heavy atom. The summed E-state index contributed by atoms with van der Waals surface area (Å²) in [5.41, 5.74) is 11.6. The third kappa shape index (κ3) is 2.77. The van der Waals surface area contributed by atoms with Gasteiger partial charge in [-0.15, -0.1) is 0 Å². The maximum absolute atomic E-state index is 8.88. The first-order valence-corrected chi connectivity index (χ1v) is 7.98. The maximum atomic E-state index is 8.88. The summed E-state index contributed by atoms with van der Waals surface area (Å²) < 4.78 is 2.15. The molecule has 3 rings (SSSR count). The van der Waals surface area contributed by atoms with Crippen LogP contribution >= 0.6 is 0 Å². The smallest absolute Gasteiger partial charge is 0.0991 e. The van der Waals surface area contributed by atoms with Crippen molar-refractivity contribution in [1.29, 1.82) is 5.26 Å². The average Bonchev–Trinajstić information content (AvgIpc) is 2.86. The van der Waals surface area contributed by atoms with Crippen LogP contribution in [0.4, 0.5) is 0 Å². The van der Waals surface area contributed by atoms with Crippen molar-refractivity contribution in [1.82, 2.24) is 9.78 Å². The van der Waals surface area contributed by atoms with E-state index in [1.165, 1.54) is 29.7 Å².